The van der Waals surface area contributed by atoms with Crippen molar-refractivity contribution in [3.8, 4) is 0 Å². The average Bonchev–Trinajstić information content (AvgIpc) is 2.78. The van der Waals surface area contributed by atoms with Crippen molar-refractivity contribution in [1.82, 2.24) is 0 Å². The fraction of sp³-hybridized carbons (Fsp3) is 0.800. The second-order valence-electron chi connectivity index (χ2n) is 11.1. The van der Waals surface area contributed by atoms with Gasteiger partial charge in [-0.25, -0.2) is 0 Å². The van der Waals surface area contributed by atoms with Crippen LogP contribution in [0, 0.1) is 51.8 Å². The van der Waals surface area contributed by atoms with Crippen molar-refractivity contribution in [2.24, 2.45) is 45.8 Å². The van der Waals surface area contributed by atoms with Crippen molar-refractivity contribution in [2.75, 3.05) is 0 Å². The van der Waals surface area contributed by atoms with E-state index in [9.17, 15) is 9.59 Å². The van der Waals surface area contributed by atoms with Gasteiger partial charge in [0.2, 0.25) is 0 Å². The van der Waals surface area contributed by atoms with Crippen LogP contribution in [0.4, 0.5) is 0 Å². The van der Waals surface area contributed by atoms with E-state index in [-0.39, 0.29) is 49.0 Å². The molecule has 0 aromatic heterocycles. The van der Waals surface area contributed by atoms with Gasteiger partial charge in [-0.2, -0.15) is 11.8 Å². The van der Waals surface area contributed by atoms with Crippen molar-refractivity contribution in [3.05, 3.63) is 17.6 Å². The molecule has 28 heavy (non-hydrogen) atoms. The molecule has 4 aliphatic rings. The SMILES string of the molecule is CC(=O)[C@@]1(C)C(C)CC2C3CC(C)C4=CC(=O)CCC4(C)[C-]3C(C)CC21C.[Y]. The van der Waals surface area contributed by atoms with Crippen LogP contribution in [0.1, 0.15) is 80.6 Å². The molecule has 3 fully saturated rings. The van der Waals surface area contributed by atoms with Gasteiger partial charge < -0.3 is 0 Å². The molecule has 3 saturated carbocycles. The van der Waals surface area contributed by atoms with E-state index in [1.54, 1.807) is 5.92 Å². The number of carbonyl (C=O) groups excluding carboxylic acids is 2. The monoisotopic (exact) mass is 458 g/mol. The first-order chi connectivity index (χ1) is 12.5. The van der Waals surface area contributed by atoms with Gasteiger partial charge in [0.25, 0.3) is 0 Å². The fourth-order valence-corrected chi connectivity index (χ4v) is 8.55. The summed E-state index contributed by atoms with van der Waals surface area (Å²) in [6.07, 6.45) is 7.13. The number of hydrogen-bond donors (Lipinski definition) is 0. The zero-order valence-corrected chi connectivity index (χ0v) is 21.7. The quantitative estimate of drug-likeness (QED) is 0.465. The van der Waals surface area contributed by atoms with E-state index in [0.29, 0.717) is 47.6 Å². The van der Waals surface area contributed by atoms with E-state index in [1.165, 1.54) is 12.0 Å². The maximum absolute atomic E-state index is 12.8. The first-order valence-electron chi connectivity index (χ1n) is 11.1. The topological polar surface area (TPSA) is 34.1 Å². The second kappa shape index (κ2) is 7.11. The Balaban J connectivity index is 0.00000225. The fourth-order valence-electron chi connectivity index (χ4n) is 8.55. The van der Waals surface area contributed by atoms with Crippen molar-refractivity contribution >= 4 is 11.6 Å². The van der Waals surface area contributed by atoms with Crippen LogP contribution >= 0.6 is 0 Å². The summed E-state index contributed by atoms with van der Waals surface area (Å²) in [4.78, 5) is 25.0. The number of allylic oxidation sites excluding steroid dienone is 1. The zero-order chi connectivity index (χ0) is 19.9. The Kier molecular flexibility index (Phi) is 5.81. The number of rotatable bonds is 1. The smallest absolute Gasteiger partial charge is 0.155 e. The van der Waals surface area contributed by atoms with Gasteiger partial charge >= 0.3 is 0 Å². The van der Waals surface area contributed by atoms with Crippen LogP contribution < -0.4 is 0 Å². The average molecular weight is 458 g/mol. The minimum atomic E-state index is -0.208. The van der Waals surface area contributed by atoms with E-state index in [0.717, 1.165) is 19.3 Å². The molecule has 0 aromatic carbocycles. The van der Waals surface area contributed by atoms with E-state index < -0.39 is 0 Å². The number of carbonyl (C=O) groups is 2. The molecule has 153 valence electrons. The Morgan fingerprint density at radius 1 is 1.14 bits per heavy atom. The molecular formula is C25H37O2Y-. The minimum Gasteiger partial charge on any atom is -0.299 e. The van der Waals surface area contributed by atoms with Crippen LogP contribution in [0.25, 0.3) is 0 Å². The molecule has 3 heteroatoms. The van der Waals surface area contributed by atoms with E-state index in [1.807, 2.05) is 13.0 Å². The van der Waals surface area contributed by atoms with Crippen molar-refractivity contribution in [1.29, 1.82) is 0 Å². The van der Waals surface area contributed by atoms with Gasteiger partial charge in [0.05, 0.1) is 0 Å². The van der Waals surface area contributed by atoms with Gasteiger partial charge in [0, 0.05) is 44.5 Å². The van der Waals surface area contributed by atoms with Crippen LogP contribution in [-0.4, -0.2) is 11.6 Å². The summed E-state index contributed by atoms with van der Waals surface area (Å²) in [5, 5.41) is 0. The largest absolute Gasteiger partial charge is 0.299 e. The predicted octanol–water partition coefficient (Wildman–Crippen LogP) is 5.81. The van der Waals surface area contributed by atoms with Gasteiger partial charge in [-0.15, -0.1) is 5.41 Å². The molecule has 0 aromatic rings. The first-order valence-corrected chi connectivity index (χ1v) is 11.1. The summed E-state index contributed by atoms with van der Waals surface area (Å²) in [6.45, 7) is 16.0. The Morgan fingerprint density at radius 3 is 2.39 bits per heavy atom. The van der Waals surface area contributed by atoms with E-state index >= 15 is 0 Å². The van der Waals surface area contributed by atoms with E-state index in [4.69, 9.17) is 0 Å². The molecule has 0 bridgehead atoms. The summed E-state index contributed by atoms with van der Waals surface area (Å²) in [5.74, 6) is 5.08. The number of hydrogen-bond acceptors (Lipinski definition) is 2. The normalized spacial score (nSPS) is 50.8. The van der Waals surface area contributed by atoms with Gasteiger partial charge in [0.1, 0.15) is 5.78 Å². The summed E-state index contributed by atoms with van der Waals surface area (Å²) in [7, 11) is 0. The molecule has 4 rings (SSSR count). The van der Waals surface area contributed by atoms with Gasteiger partial charge in [-0.05, 0) is 36.7 Å². The van der Waals surface area contributed by atoms with Crippen LogP contribution in [0.3, 0.4) is 0 Å². The van der Waals surface area contributed by atoms with Gasteiger partial charge in [-0.1, -0.05) is 72.3 Å². The van der Waals surface area contributed by atoms with Crippen LogP contribution in [0.15, 0.2) is 11.6 Å². The molecule has 4 aliphatic carbocycles. The first kappa shape index (κ1) is 22.9. The molecule has 8 atom stereocenters. The molecule has 0 aliphatic heterocycles. The second-order valence-corrected chi connectivity index (χ2v) is 11.1. The number of fused-ring (bicyclic) bond motifs is 5. The summed E-state index contributed by atoms with van der Waals surface area (Å²) >= 11 is 0. The third-order valence-electron chi connectivity index (χ3n) is 10.1. The third-order valence-corrected chi connectivity index (χ3v) is 10.1. The maximum atomic E-state index is 12.8. The molecule has 0 spiro atoms. The number of Topliss-reactive ketones (excluding diaryl/α,β-unsaturated/α-hetero) is 1. The van der Waals surface area contributed by atoms with Gasteiger partial charge in [-0.3, -0.25) is 15.5 Å². The standard InChI is InChI=1S/C25H37O2.Y/c1-14-10-19-21-11-16(3)25(7,17(4)26)24(21,6)13-15(2)22(19)23(5)9-8-18(27)12-20(14)23;/h12,14-16,19,21H,8-11,13H2,1-7H3;/q-1;/t14?,15?,16?,19?,21?,23?,24?,25-;/m1./s1. The Hall–Kier alpha value is 0.184. The number of ketones is 2. The summed E-state index contributed by atoms with van der Waals surface area (Å²) in [6, 6.07) is 0. The molecule has 1 radical (unpaired) electrons. The molecule has 0 N–H and O–H groups in total. The van der Waals surface area contributed by atoms with Gasteiger partial charge in [0.15, 0.2) is 5.78 Å². The van der Waals surface area contributed by atoms with E-state index in [2.05, 4.69) is 41.5 Å². The Labute approximate surface area is 196 Å². The zero-order valence-electron chi connectivity index (χ0n) is 18.9. The van der Waals surface area contributed by atoms with Crippen LogP contribution in [0.5, 0.6) is 0 Å². The molecule has 0 saturated heterocycles. The predicted molar refractivity (Wildman–Crippen MR) is 109 cm³/mol. The summed E-state index contributed by atoms with van der Waals surface area (Å²) in [5.41, 5.74) is 1.38. The Bertz CT molecular complexity index is 726. The van der Waals surface area contributed by atoms with Crippen LogP contribution in [0.2, 0.25) is 0 Å². The van der Waals surface area contributed by atoms with Crippen LogP contribution in [-0.2, 0) is 42.3 Å². The van der Waals surface area contributed by atoms with Crippen molar-refractivity contribution in [3.63, 3.8) is 0 Å². The third kappa shape index (κ3) is 2.72. The van der Waals surface area contributed by atoms with Crippen molar-refractivity contribution in [2.45, 2.75) is 80.6 Å². The molecule has 7 unspecified atom stereocenters. The molecular weight excluding hydrogens is 421 g/mol. The maximum Gasteiger partial charge on any atom is 0.155 e. The Morgan fingerprint density at radius 2 is 1.79 bits per heavy atom. The molecule has 0 heterocycles. The summed E-state index contributed by atoms with van der Waals surface area (Å²) < 4.78 is 0. The molecule has 0 amide bonds. The van der Waals surface area contributed by atoms with Crippen molar-refractivity contribution < 1.29 is 42.3 Å². The minimum absolute atomic E-state index is 0. The molecule has 2 nitrogen and oxygen atoms in total.